The van der Waals surface area contributed by atoms with Gasteiger partial charge in [-0.05, 0) is 18.2 Å². The van der Waals surface area contributed by atoms with Gasteiger partial charge in [0.1, 0.15) is 0 Å². The molecule has 76 valence electrons. The van der Waals surface area contributed by atoms with Gasteiger partial charge in [-0.1, -0.05) is 0 Å². The van der Waals surface area contributed by atoms with Gasteiger partial charge in [0.15, 0.2) is 0 Å². The van der Waals surface area contributed by atoms with Gasteiger partial charge in [-0.15, -0.1) is 0 Å². The minimum atomic E-state index is -0.354. The van der Waals surface area contributed by atoms with Crippen molar-refractivity contribution in [3.63, 3.8) is 0 Å². The van der Waals surface area contributed by atoms with Crippen molar-refractivity contribution in [2.24, 2.45) is 0 Å². The van der Waals surface area contributed by atoms with Crippen molar-refractivity contribution in [2.45, 2.75) is 0 Å². The molecular formula is C10H14N2O2. The van der Waals surface area contributed by atoms with E-state index < -0.39 is 0 Å². The molecule has 2 N–H and O–H groups in total. The molecule has 0 aromatic heterocycles. The van der Waals surface area contributed by atoms with Gasteiger partial charge in [0.2, 0.25) is 0 Å². The third-order valence-electron chi connectivity index (χ3n) is 1.93. The molecule has 4 heteroatoms. The van der Waals surface area contributed by atoms with E-state index in [0.29, 0.717) is 11.3 Å². The quantitative estimate of drug-likeness (QED) is 0.566. The van der Waals surface area contributed by atoms with Crippen LogP contribution in [0.15, 0.2) is 18.2 Å². The Balaban J connectivity index is 3.13. The number of carbonyl (C=O) groups is 1. The zero-order valence-electron chi connectivity index (χ0n) is 8.57. The van der Waals surface area contributed by atoms with Crippen LogP contribution in [0.2, 0.25) is 0 Å². The van der Waals surface area contributed by atoms with Crippen molar-refractivity contribution in [3.05, 3.63) is 23.8 Å². The average Bonchev–Trinajstić information content (AvgIpc) is 2.17. The smallest absolute Gasteiger partial charge is 0.337 e. The van der Waals surface area contributed by atoms with Gasteiger partial charge in [-0.3, -0.25) is 0 Å². The van der Waals surface area contributed by atoms with Crippen molar-refractivity contribution >= 4 is 17.3 Å². The zero-order valence-corrected chi connectivity index (χ0v) is 8.57. The van der Waals surface area contributed by atoms with E-state index in [1.54, 1.807) is 18.2 Å². The van der Waals surface area contributed by atoms with Gasteiger partial charge in [-0.2, -0.15) is 0 Å². The van der Waals surface area contributed by atoms with E-state index in [-0.39, 0.29) is 5.97 Å². The van der Waals surface area contributed by atoms with E-state index in [9.17, 15) is 4.79 Å². The van der Waals surface area contributed by atoms with Crippen molar-refractivity contribution in [1.29, 1.82) is 0 Å². The largest absolute Gasteiger partial charge is 0.465 e. The molecule has 0 fully saturated rings. The molecule has 0 heterocycles. The van der Waals surface area contributed by atoms with Crippen LogP contribution in [-0.2, 0) is 4.74 Å². The third-order valence-corrected chi connectivity index (χ3v) is 1.93. The fourth-order valence-corrected chi connectivity index (χ4v) is 1.18. The summed E-state index contributed by atoms with van der Waals surface area (Å²) in [7, 11) is 5.09. The van der Waals surface area contributed by atoms with Crippen molar-refractivity contribution in [1.82, 2.24) is 0 Å². The highest BCUT2D eigenvalue weighted by atomic mass is 16.5. The Morgan fingerprint density at radius 2 is 2.07 bits per heavy atom. The minimum absolute atomic E-state index is 0.354. The van der Waals surface area contributed by atoms with E-state index in [1.807, 2.05) is 19.0 Å². The summed E-state index contributed by atoms with van der Waals surface area (Å²) < 4.78 is 4.61. The predicted molar refractivity (Wildman–Crippen MR) is 56.5 cm³/mol. The van der Waals surface area contributed by atoms with Gasteiger partial charge in [0, 0.05) is 14.1 Å². The highest BCUT2D eigenvalue weighted by Crippen LogP contribution is 2.22. The van der Waals surface area contributed by atoms with Crippen LogP contribution in [0.25, 0.3) is 0 Å². The van der Waals surface area contributed by atoms with Crippen LogP contribution in [0.4, 0.5) is 11.4 Å². The number of rotatable bonds is 2. The Morgan fingerprint density at radius 1 is 1.43 bits per heavy atom. The number of carbonyl (C=O) groups excluding carboxylic acids is 1. The highest BCUT2D eigenvalue weighted by molar-refractivity contribution is 5.92. The first kappa shape index (κ1) is 10.4. The SMILES string of the molecule is COC(=O)c1ccc(N)c(N(C)C)c1. The molecule has 0 radical (unpaired) electrons. The molecule has 0 aliphatic heterocycles. The zero-order chi connectivity index (χ0) is 10.7. The summed E-state index contributed by atoms with van der Waals surface area (Å²) in [6, 6.07) is 5.05. The molecule has 0 atom stereocenters. The molecule has 0 saturated carbocycles. The van der Waals surface area contributed by atoms with Gasteiger partial charge in [-0.25, -0.2) is 4.79 Å². The number of hydrogen-bond acceptors (Lipinski definition) is 4. The van der Waals surface area contributed by atoms with Gasteiger partial charge in [0.05, 0.1) is 24.0 Å². The van der Waals surface area contributed by atoms with Crippen LogP contribution < -0.4 is 10.6 Å². The van der Waals surface area contributed by atoms with E-state index in [4.69, 9.17) is 5.73 Å². The van der Waals surface area contributed by atoms with Gasteiger partial charge in [0.25, 0.3) is 0 Å². The number of nitrogen functional groups attached to an aromatic ring is 1. The molecule has 0 aliphatic carbocycles. The summed E-state index contributed by atoms with van der Waals surface area (Å²) in [6.45, 7) is 0. The van der Waals surface area contributed by atoms with Crippen LogP contribution in [0.5, 0.6) is 0 Å². The first-order valence-corrected chi connectivity index (χ1v) is 4.21. The Kier molecular flexibility index (Phi) is 2.96. The molecular weight excluding hydrogens is 180 g/mol. The van der Waals surface area contributed by atoms with Crippen LogP contribution in [0.3, 0.4) is 0 Å². The minimum Gasteiger partial charge on any atom is -0.465 e. The van der Waals surface area contributed by atoms with E-state index in [0.717, 1.165) is 5.69 Å². The van der Waals surface area contributed by atoms with Crippen molar-refractivity contribution < 1.29 is 9.53 Å². The Labute approximate surface area is 83.3 Å². The molecule has 0 spiro atoms. The predicted octanol–water partition coefficient (Wildman–Crippen LogP) is 1.12. The molecule has 0 aliphatic rings. The molecule has 1 rings (SSSR count). The third kappa shape index (κ3) is 1.96. The standard InChI is InChI=1S/C10H14N2O2/c1-12(2)9-6-7(10(13)14-3)4-5-8(9)11/h4-6H,11H2,1-3H3. The van der Waals surface area contributed by atoms with E-state index in [2.05, 4.69) is 4.74 Å². The molecule has 1 aromatic rings. The Hall–Kier alpha value is -1.71. The fraction of sp³-hybridized carbons (Fsp3) is 0.300. The fourth-order valence-electron chi connectivity index (χ4n) is 1.18. The monoisotopic (exact) mass is 194 g/mol. The van der Waals surface area contributed by atoms with Crippen molar-refractivity contribution in [3.8, 4) is 0 Å². The first-order valence-electron chi connectivity index (χ1n) is 4.21. The number of nitrogens with zero attached hydrogens (tertiary/aromatic N) is 1. The normalized spacial score (nSPS) is 9.64. The number of methoxy groups -OCH3 is 1. The molecule has 0 unspecified atom stereocenters. The summed E-state index contributed by atoms with van der Waals surface area (Å²) in [6.07, 6.45) is 0. The number of nitrogens with two attached hydrogens (primary N) is 1. The second-order valence-corrected chi connectivity index (χ2v) is 3.16. The number of hydrogen-bond donors (Lipinski definition) is 1. The number of esters is 1. The lowest BCUT2D eigenvalue weighted by Gasteiger charge is -2.15. The second-order valence-electron chi connectivity index (χ2n) is 3.16. The second kappa shape index (κ2) is 4.00. The maximum absolute atomic E-state index is 11.2. The maximum Gasteiger partial charge on any atom is 0.337 e. The summed E-state index contributed by atoms with van der Waals surface area (Å²) in [5, 5.41) is 0. The van der Waals surface area contributed by atoms with Crippen LogP contribution >= 0.6 is 0 Å². The first-order chi connectivity index (χ1) is 6.56. The Bertz CT molecular complexity index is 348. The van der Waals surface area contributed by atoms with Crippen LogP contribution in [0.1, 0.15) is 10.4 Å². The van der Waals surface area contributed by atoms with Crippen molar-refractivity contribution in [2.75, 3.05) is 31.8 Å². The average molecular weight is 194 g/mol. The van der Waals surface area contributed by atoms with E-state index >= 15 is 0 Å². The molecule has 4 nitrogen and oxygen atoms in total. The number of benzene rings is 1. The van der Waals surface area contributed by atoms with Crippen LogP contribution in [-0.4, -0.2) is 27.2 Å². The van der Waals surface area contributed by atoms with Crippen LogP contribution in [0, 0.1) is 0 Å². The van der Waals surface area contributed by atoms with Gasteiger partial charge < -0.3 is 15.4 Å². The summed E-state index contributed by atoms with van der Waals surface area (Å²) >= 11 is 0. The lowest BCUT2D eigenvalue weighted by atomic mass is 10.1. The molecule has 0 saturated heterocycles. The summed E-state index contributed by atoms with van der Waals surface area (Å²) in [5.74, 6) is -0.354. The molecule has 0 bridgehead atoms. The lowest BCUT2D eigenvalue weighted by Crippen LogP contribution is -2.12. The summed E-state index contributed by atoms with van der Waals surface area (Å²) in [4.78, 5) is 13.1. The van der Waals surface area contributed by atoms with E-state index in [1.165, 1.54) is 7.11 Å². The highest BCUT2D eigenvalue weighted by Gasteiger charge is 2.08. The topological polar surface area (TPSA) is 55.6 Å². The maximum atomic E-state index is 11.2. The Morgan fingerprint density at radius 3 is 2.57 bits per heavy atom. The number of anilines is 2. The summed E-state index contributed by atoms with van der Waals surface area (Å²) in [5.41, 5.74) is 7.70. The number of ether oxygens (including phenoxy) is 1. The molecule has 14 heavy (non-hydrogen) atoms. The molecule has 0 amide bonds. The van der Waals surface area contributed by atoms with Gasteiger partial charge >= 0.3 is 5.97 Å². The molecule has 1 aromatic carbocycles. The lowest BCUT2D eigenvalue weighted by molar-refractivity contribution is 0.0601.